The molecule has 0 bridgehead atoms. The number of likely N-dealkylation sites (tertiary alicyclic amines) is 1. The lowest BCUT2D eigenvalue weighted by molar-refractivity contribution is 0.0618. The van der Waals surface area contributed by atoms with E-state index in [0.717, 1.165) is 42.6 Å². The summed E-state index contributed by atoms with van der Waals surface area (Å²) < 4.78 is 11.5. The molecule has 1 N–H and O–H groups in total. The molecule has 2 aromatic carbocycles. The summed E-state index contributed by atoms with van der Waals surface area (Å²) in [6.07, 6.45) is 3.24. The summed E-state index contributed by atoms with van der Waals surface area (Å²) in [6, 6.07) is 13.7. The summed E-state index contributed by atoms with van der Waals surface area (Å²) in [5, 5.41) is 3.22. The number of nitrogens with one attached hydrogen (secondary N) is 1. The summed E-state index contributed by atoms with van der Waals surface area (Å²) in [4.78, 5) is 15.5. The molecule has 2 aliphatic rings. The van der Waals surface area contributed by atoms with Crippen LogP contribution in [-0.4, -0.2) is 36.6 Å². The van der Waals surface area contributed by atoms with E-state index in [1.807, 2.05) is 30.3 Å². The molecule has 31 heavy (non-hydrogen) atoms. The van der Waals surface area contributed by atoms with Crippen molar-refractivity contribution in [1.29, 1.82) is 0 Å². The third-order valence-corrected chi connectivity index (χ3v) is 6.48. The van der Waals surface area contributed by atoms with E-state index in [2.05, 4.69) is 43.1 Å². The monoisotopic (exact) mass is 422 g/mol. The highest BCUT2D eigenvalue weighted by atomic mass is 16.5. The molecule has 4 rings (SSSR count). The van der Waals surface area contributed by atoms with Crippen LogP contribution in [0.25, 0.3) is 0 Å². The lowest BCUT2D eigenvalue weighted by atomic mass is 9.89. The van der Waals surface area contributed by atoms with Gasteiger partial charge in [-0.1, -0.05) is 19.1 Å². The van der Waals surface area contributed by atoms with Crippen molar-refractivity contribution in [2.75, 3.05) is 20.2 Å². The SMILES string of the molecule is COc1ccc2c(c1)C(NC(=O)c1ccc(CN3CCC(C)CC3)cc1)CC(C)(C)O2. The summed E-state index contributed by atoms with van der Waals surface area (Å²) in [6.45, 7) is 9.71. The van der Waals surface area contributed by atoms with Crippen molar-refractivity contribution in [3.05, 3.63) is 59.2 Å². The fraction of sp³-hybridized carbons (Fsp3) is 0.500. The van der Waals surface area contributed by atoms with Crippen LogP contribution in [0.3, 0.4) is 0 Å². The highest BCUT2D eigenvalue weighted by Gasteiger charge is 2.35. The average molecular weight is 423 g/mol. The first-order valence-electron chi connectivity index (χ1n) is 11.3. The molecule has 0 aromatic heterocycles. The van der Waals surface area contributed by atoms with Gasteiger partial charge in [-0.25, -0.2) is 0 Å². The minimum atomic E-state index is -0.352. The molecule has 2 aromatic rings. The predicted molar refractivity (Wildman–Crippen MR) is 123 cm³/mol. The van der Waals surface area contributed by atoms with Crippen molar-refractivity contribution >= 4 is 5.91 Å². The van der Waals surface area contributed by atoms with Gasteiger partial charge in [0.2, 0.25) is 0 Å². The van der Waals surface area contributed by atoms with Crippen LogP contribution in [0.2, 0.25) is 0 Å². The molecule has 5 nitrogen and oxygen atoms in total. The number of carbonyl (C=O) groups excluding carboxylic acids is 1. The second kappa shape index (κ2) is 8.91. The normalized spacial score (nSPS) is 21.1. The Bertz CT molecular complexity index is 915. The summed E-state index contributed by atoms with van der Waals surface area (Å²) >= 11 is 0. The van der Waals surface area contributed by atoms with Gasteiger partial charge < -0.3 is 14.8 Å². The molecule has 1 atom stereocenters. The number of hydrogen-bond donors (Lipinski definition) is 1. The van der Waals surface area contributed by atoms with Crippen molar-refractivity contribution in [2.24, 2.45) is 5.92 Å². The number of methoxy groups -OCH3 is 1. The van der Waals surface area contributed by atoms with Crippen LogP contribution < -0.4 is 14.8 Å². The number of carbonyl (C=O) groups is 1. The first-order chi connectivity index (χ1) is 14.8. The Morgan fingerprint density at radius 2 is 1.87 bits per heavy atom. The fourth-order valence-electron chi connectivity index (χ4n) is 4.57. The van der Waals surface area contributed by atoms with Gasteiger partial charge in [-0.2, -0.15) is 0 Å². The Morgan fingerprint density at radius 1 is 1.16 bits per heavy atom. The van der Waals surface area contributed by atoms with Crippen molar-refractivity contribution < 1.29 is 14.3 Å². The van der Waals surface area contributed by atoms with Gasteiger partial charge in [-0.3, -0.25) is 9.69 Å². The third kappa shape index (κ3) is 5.21. The zero-order valence-corrected chi connectivity index (χ0v) is 19.1. The number of piperidine rings is 1. The van der Waals surface area contributed by atoms with Crippen molar-refractivity contribution in [3.63, 3.8) is 0 Å². The lowest BCUT2D eigenvalue weighted by Gasteiger charge is -2.38. The van der Waals surface area contributed by atoms with E-state index in [4.69, 9.17) is 9.47 Å². The van der Waals surface area contributed by atoms with Crippen LogP contribution in [0.1, 0.15) is 67.6 Å². The van der Waals surface area contributed by atoms with Crippen LogP contribution >= 0.6 is 0 Å². The Labute approximate surface area is 185 Å². The van der Waals surface area contributed by atoms with Gasteiger partial charge in [0.05, 0.1) is 13.2 Å². The molecule has 166 valence electrons. The topological polar surface area (TPSA) is 50.8 Å². The minimum absolute atomic E-state index is 0.0604. The minimum Gasteiger partial charge on any atom is -0.497 e. The summed E-state index contributed by atoms with van der Waals surface area (Å²) in [5.41, 5.74) is 2.55. The Morgan fingerprint density at radius 3 is 2.55 bits per heavy atom. The summed E-state index contributed by atoms with van der Waals surface area (Å²) in [5.74, 6) is 2.34. The molecule has 2 aliphatic heterocycles. The maximum Gasteiger partial charge on any atom is 0.251 e. The molecule has 1 amide bonds. The molecule has 1 fully saturated rings. The molecule has 5 heteroatoms. The number of hydrogen-bond acceptors (Lipinski definition) is 4. The van der Waals surface area contributed by atoms with Gasteiger partial charge in [-0.05, 0) is 81.6 Å². The van der Waals surface area contributed by atoms with Crippen LogP contribution in [0.5, 0.6) is 11.5 Å². The van der Waals surface area contributed by atoms with E-state index in [9.17, 15) is 4.79 Å². The molecular formula is C26H34N2O3. The third-order valence-electron chi connectivity index (χ3n) is 6.48. The number of benzene rings is 2. The smallest absolute Gasteiger partial charge is 0.251 e. The van der Waals surface area contributed by atoms with Crippen LogP contribution in [-0.2, 0) is 6.54 Å². The van der Waals surface area contributed by atoms with Gasteiger partial charge in [0.15, 0.2) is 0 Å². The molecule has 2 heterocycles. The number of ether oxygens (including phenoxy) is 2. The van der Waals surface area contributed by atoms with Gasteiger partial charge in [0.25, 0.3) is 5.91 Å². The number of rotatable bonds is 5. The van der Waals surface area contributed by atoms with E-state index >= 15 is 0 Å². The van der Waals surface area contributed by atoms with E-state index in [-0.39, 0.29) is 17.6 Å². The van der Waals surface area contributed by atoms with E-state index in [1.54, 1.807) is 7.11 Å². The predicted octanol–water partition coefficient (Wildman–Crippen LogP) is 4.96. The molecule has 0 radical (unpaired) electrons. The number of amides is 1. The zero-order valence-electron chi connectivity index (χ0n) is 19.1. The Hall–Kier alpha value is -2.53. The van der Waals surface area contributed by atoms with Crippen LogP contribution in [0.4, 0.5) is 0 Å². The average Bonchev–Trinajstić information content (AvgIpc) is 2.75. The Kier molecular flexibility index (Phi) is 6.24. The zero-order chi connectivity index (χ0) is 22.0. The summed E-state index contributed by atoms with van der Waals surface area (Å²) in [7, 11) is 1.65. The largest absolute Gasteiger partial charge is 0.497 e. The maximum absolute atomic E-state index is 13.0. The molecule has 1 unspecified atom stereocenters. The number of nitrogens with zero attached hydrogens (tertiary/aromatic N) is 1. The van der Waals surface area contributed by atoms with Crippen molar-refractivity contribution in [1.82, 2.24) is 10.2 Å². The first-order valence-corrected chi connectivity index (χ1v) is 11.3. The molecule has 0 saturated carbocycles. The highest BCUT2D eigenvalue weighted by molar-refractivity contribution is 5.94. The van der Waals surface area contributed by atoms with Gasteiger partial charge in [0, 0.05) is 24.1 Å². The van der Waals surface area contributed by atoms with Crippen molar-refractivity contribution in [3.8, 4) is 11.5 Å². The molecule has 0 aliphatic carbocycles. The fourth-order valence-corrected chi connectivity index (χ4v) is 4.57. The standard InChI is InChI=1S/C26H34N2O3/c1-18-11-13-28(14-12-18)17-19-5-7-20(8-6-19)25(29)27-23-16-26(2,3)31-24-10-9-21(30-4)15-22(23)24/h5-10,15,18,23H,11-14,16-17H2,1-4H3,(H,27,29). The quantitative estimate of drug-likeness (QED) is 0.740. The van der Waals surface area contributed by atoms with Crippen LogP contribution in [0, 0.1) is 5.92 Å². The first kappa shape index (κ1) is 21.7. The lowest BCUT2D eigenvalue weighted by Crippen LogP contribution is -2.41. The van der Waals surface area contributed by atoms with E-state index in [1.165, 1.54) is 18.4 Å². The van der Waals surface area contributed by atoms with Gasteiger partial charge >= 0.3 is 0 Å². The van der Waals surface area contributed by atoms with E-state index < -0.39 is 0 Å². The van der Waals surface area contributed by atoms with Crippen molar-refractivity contribution in [2.45, 2.75) is 58.2 Å². The molecule has 1 saturated heterocycles. The maximum atomic E-state index is 13.0. The molecule has 0 spiro atoms. The second-order valence-electron chi connectivity index (χ2n) is 9.65. The van der Waals surface area contributed by atoms with E-state index in [0.29, 0.717) is 12.0 Å². The van der Waals surface area contributed by atoms with Gasteiger partial charge in [0.1, 0.15) is 17.1 Å². The Balaban J connectivity index is 1.44. The number of fused-ring (bicyclic) bond motifs is 1. The highest BCUT2D eigenvalue weighted by Crippen LogP contribution is 2.41. The molecular weight excluding hydrogens is 388 g/mol. The second-order valence-corrected chi connectivity index (χ2v) is 9.65. The van der Waals surface area contributed by atoms with Crippen LogP contribution in [0.15, 0.2) is 42.5 Å². The van der Waals surface area contributed by atoms with Gasteiger partial charge in [-0.15, -0.1) is 0 Å².